The van der Waals surface area contributed by atoms with Gasteiger partial charge in [-0.05, 0) is 92.9 Å². The highest BCUT2D eigenvalue weighted by Crippen LogP contribution is 2.42. The number of aromatic nitrogens is 1. The van der Waals surface area contributed by atoms with Crippen molar-refractivity contribution in [3.63, 3.8) is 0 Å². The van der Waals surface area contributed by atoms with Crippen molar-refractivity contribution in [1.82, 2.24) is 4.98 Å². The molecule has 49 heavy (non-hydrogen) atoms. The first-order valence-corrected chi connectivity index (χ1v) is 17.8. The summed E-state index contributed by atoms with van der Waals surface area (Å²) in [5, 5.41) is 11.9. The van der Waals surface area contributed by atoms with E-state index in [0.717, 1.165) is 70.1 Å². The first-order chi connectivity index (χ1) is 23.7. The number of aryl methyl sites for hydroxylation is 2. The average Bonchev–Trinajstić information content (AvgIpc) is 3.92. The van der Waals surface area contributed by atoms with Crippen molar-refractivity contribution < 1.29 is 4.92 Å². The molecular formula is C42H33N3O2S2. The van der Waals surface area contributed by atoms with E-state index < -0.39 is 0 Å². The normalized spacial score (nSPS) is 18.8. The molecule has 3 aromatic heterocycles. The molecule has 1 N–H and O–H groups in total. The molecule has 0 unspecified atom stereocenters. The molecule has 0 fully saturated rings. The number of H-pyrrole nitrogens is 1. The zero-order chi connectivity index (χ0) is 33.9. The lowest BCUT2D eigenvalue weighted by Crippen LogP contribution is -2.18. The fraction of sp³-hybridized carbons (Fsp3) is 0.119. The van der Waals surface area contributed by atoms with Crippen molar-refractivity contribution in [1.29, 1.82) is 0 Å². The Kier molecular flexibility index (Phi) is 7.54. The lowest BCUT2D eigenvalue weighted by molar-refractivity contribution is -0.384. The minimum absolute atomic E-state index is 0.0543. The van der Waals surface area contributed by atoms with Crippen LogP contribution < -0.4 is 9.06 Å². The highest BCUT2D eigenvalue weighted by molar-refractivity contribution is 7.13. The Morgan fingerprint density at radius 3 is 2.06 bits per heavy atom. The number of hydrogen-bond donors (Lipinski definition) is 1. The first kappa shape index (κ1) is 30.9. The molecule has 8 bridgehead atoms. The molecule has 0 radical (unpaired) electrons. The van der Waals surface area contributed by atoms with E-state index in [0.29, 0.717) is 0 Å². The molecule has 6 aromatic rings. The molecule has 0 saturated carbocycles. The summed E-state index contributed by atoms with van der Waals surface area (Å²) in [4.78, 5) is 22.9. The van der Waals surface area contributed by atoms with Crippen LogP contribution in [0.1, 0.15) is 62.8 Å². The van der Waals surface area contributed by atoms with Gasteiger partial charge >= 0.3 is 0 Å². The van der Waals surface area contributed by atoms with Crippen LogP contribution in [-0.2, 0) is 5.41 Å². The van der Waals surface area contributed by atoms with Gasteiger partial charge in [0, 0.05) is 64.5 Å². The van der Waals surface area contributed by atoms with E-state index in [-0.39, 0.29) is 16.0 Å². The quantitative estimate of drug-likeness (QED) is 0.150. The van der Waals surface area contributed by atoms with Crippen LogP contribution in [0.25, 0.3) is 16.7 Å². The minimum Gasteiger partial charge on any atom is -0.358 e. The summed E-state index contributed by atoms with van der Waals surface area (Å²) < 4.78 is 2.28. The van der Waals surface area contributed by atoms with Crippen LogP contribution in [-0.4, -0.2) is 15.6 Å². The number of nitrogens with one attached hydrogen (secondary N) is 1. The van der Waals surface area contributed by atoms with Crippen molar-refractivity contribution in [3.05, 3.63) is 195 Å². The Morgan fingerprint density at radius 1 is 0.694 bits per heavy atom. The van der Waals surface area contributed by atoms with Gasteiger partial charge in [0.1, 0.15) is 0 Å². The van der Waals surface area contributed by atoms with Gasteiger partial charge in [0.15, 0.2) is 0 Å². The van der Waals surface area contributed by atoms with Crippen LogP contribution >= 0.6 is 22.7 Å². The number of aromatic amines is 1. The van der Waals surface area contributed by atoms with E-state index in [4.69, 9.17) is 4.99 Å². The molecule has 5 heterocycles. The largest absolute Gasteiger partial charge is 0.358 e. The molecule has 0 aliphatic carbocycles. The topological polar surface area (TPSA) is 71.3 Å². The number of rotatable bonds is 4. The number of thiophene rings is 2. The Balaban J connectivity index is 1.48. The van der Waals surface area contributed by atoms with Gasteiger partial charge in [0.2, 0.25) is 0 Å². The second-order valence-electron chi connectivity index (χ2n) is 13.1. The van der Waals surface area contributed by atoms with Crippen LogP contribution in [0.15, 0.2) is 132 Å². The summed E-state index contributed by atoms with van der Waals surface area (Å²) >= 11 is 3.47. The van der Waals surface area contributed by atoms with E-state index in [2.05, 4.69) is 130 Å². The smallest absolute Gasteiger partial charge is 0.270 e. The van der Waals surface area contributed by atoms with Gasteiger partial charge in [-0.15, -0.1) is 22.7 Å². The number of nitro benzene ring substituents is 1. The van der Waals surface area contributed by atoms with E-state index in [1.807, 2.05) is 6.07 Å². The number of benzene rings is 3. The maximum atomic E-state index is 11.9. The van der Waals surface area contributed by atoms with E-state index in [9.17, 15) is 10.1 Å². The SMILES string of the molecule is Cc1ccc(/C2=c3\cc/c(s3)=C(\c3ccc(C)cc3)c3ccc([nH]3)C(C)(C)c3ccc(s3)/C(c3cccc([N+](=O)[O-])c3)=C3/C=CC2=N3)cc1. The summed E-state index contributed by atoms with van der Waals surface area (Å²) in [6.07, 6.45) is 4.13. The summed E-state index contributed by atoms with van der Waals surface area (Å²) in [7, 11) is 0. The molecule has 8 rings (SSSR count). The predicted molar refractivity (Wildman–Crippen MR) is 203 cm³/mol. The Hall–Kier alpha value is -5.37. The number of hydrogen-bond acceptors (Lipinski definition) is 5. The lowest BCUT2D eigenvalue weighted by Gasteiger charge is -2.22. The van der Waals surface area contributed by atoms with Crippen LogP contribution in [0, 0.1) is 24.0 Å². The fourth-order valence-electron chi connectivity index (χ4n) is 6.57. The van der Waals surface area contributed by atoms with Crippen LogP contribution in [0.4, 0.5) is 5.69 Å². The summed E-state index contributed by atoms with van der Waals surface area (Å²) in [6.45, 7) is 8.70. The molecule has 0 atom stereocenters. The molecule has 5 nitrogen and oxygen atoms in total. The third-order valence-electron chi connectivity index (χ3n) is 9.37. The van der Waals surface area contributed by atoms with Crippen LogP contribution in [0.5, 0.6) is 0 Å². The van der Waals surface area contributed by atoms with Gasteiger partial charge in [-0.25, -0.2) is 4.99 Å². The number of nitrogens with zero attached hydrogens (tertiary/aromatic N) is 2. The number of aliphatic imine (C=N–C) groups is 1. The Bertz CT molecular complexity index is 2500. The van der Waals surface area contributed by atoms with Crippen LogP contribution in [0.2, 0.25) is 0 Å². The standard InChI is InChI=1S/C42H33N3O2S2/c1-25-8-12-27(13-9-25)39-31-16-17-32(43-31)41(29-6-5-7-30(24-29)45(46)47)36-21-23-38(49-36)42(3,4)37-22-18-33(44-37)40(35-20-19-34(39)48-35)28-14-10-26(2)11-15-28/h5-24,44H,1-4H3/b39-34-,40-35-,41-32-. The molecule has 240 valence electrons. The second kappa shape index (κ2) is 11.9. The molecule has 0 saturated heterocycles. The lowest BCUT2D eigenvalue weighted by atomic mass is 9.88. The van der Waals surface area contributed by atoms with Gasteiger partial charge in [0.25, 0.3) is 5.69 Å². The molecular weight excluding hydrogens is 643 g/mol. The van der Waals surface area contributed by atoms with Gasteiger partial charge < -0.3 is 4.98 Å². The summed E-state index contributed by atoms with van der Waals surface area (Å²) in [6, 6.07) is 37.4. The molecule has 7 heteroatoms. The Morgan fingerprint density at radius 2 is 1.37 bits per heavy atom. The Labute approximate surface area is 292 Å². The number of non-ortho nitro benzene ring substituents is 1. The summed E-state index contributed by atoms with van der Waals surface area (Å²) in [5.41, 5.74) is 12.1. The van der Waals surface area contributed by atoms with Gasteiger partial charge in [0.05, 0.1) is 16.3 Å². The fourth-order valence-corrected chi connectivity index (χ4v) is 8.93. The van der Waals surface area contributed by atoms with Crippen molar-refractivity contribution in [2.24, 2.45) is 4.99 Å². The van der Waals surface area contributed by atoms with E-state index >= 15 is 0 Å². The molecule has 0 amide bonds. The number of fused-ring (bicyclic) bond motifs is 7. The third kappa shape index (κ3) is 5.55. The number of nitro groups is 1. The van der Waals surface area contributed by atoms with Crippen molar-refractivity contribution in [2.45, 2.75) is 33.1 Å². The van der Waals surface area contributed by atoms with Crippen molar-refractivity contribution in [3.8, 4) is 0 Å². The molecule has 0 spiro atoms. The maximum Gasteiger partial charge on any atom is 0.270 e. The van der Waals surface area contributed by atoms with Crippen molar-refractivity contribution >= 4 is 50.8 Å². The predicted octanol–water partition coefficient (Wildman–Crippen LogP) is 9.22. The second-order valence-corrected chi connectivity index (χ2v) is 15.3. The highest BCUT2D eigenvalue weighted by Gasteiger charge is 2.29. The van der Waals surface area contributed by atoms with Crippen molar-refractivity contribution in [2.75, 3.05) is 0 Å². The molecule has 3 aromatic carbocycles. The average molecular weight is 676 g/mol. The summed E-state index contributed by atoms with van der Waals surface area (Å²) in [5.74, 6) is 0. The van der Waals surface area contributed by atoms with E-state index in [1.165, 1.54) is 22.1 Å². The third-order valence-corrected chi connectivity index (χ3v) is 11.9. The monoisotopic (exact) mass is 675 g/mol. The maximum absolute atomic E-state index is 11.9. The highest BCUT2D eigenvalue weighted by atomic mass is 32.1. The zero-order valence-corrected chi connectivity index (χ0v) is 29.2. The van der Waals surface area contributed by atoms with E-state index in [1.54, 1.807) is 34.8 Å². The van der Waals surface area contributed by atoms with Gasteiger partial charge in [-0.3, -0.25) is 10.1 Å². The van der Waals surface area contributed by atoms with Crippen LogP contribution in [0.3, 0.4) is 0 Å². The molecule has 2 aliphatic rings. The minimum atomic E-state index is -0.339. The van der Waals surface area contributed by atoms with Gasteiger partial charge in [-0.2, -0.15) is 0 Å². The zero-order valence-electron chi connectivity index (χ0n) is 27.6. The van der Waals surface area contributed by atoms with Gasteiger partial charge in [-0.1, -0.05) is 71.8 Å². The molecule has 2 aliphatic heterocycles. The number of allylic oxidation sites excluding steroid dienone is 2. The first-order valence-electron chi connectivity index (χ1n) is 16.2.